The van der Waals surface area contributed by atoms with Gasteiger partial charge in [-0.15, -0.1) is 0 Å². The van der Waals surface area contributed by atoms with Gasteiger partial charge >= 0.3 is 0 Å². The fourth-order valence-electron chi connectivity index (χ4n) is 2.04. The predicted octanol–water partition coefficient (Wildman–Crippen LogP) is 0.166. The van der Waals surface area contributed by atoms with Crippen molar-refractivity contribution in [2.45, 2.75) is 19.0 Å². The standard InChI is InChI=1S/C9H15FN2O/c10-8-2-4-12(6-8)9(13)7-1-3-11-5-7/h7-8,11H,1-6H2/t7-,8-/m1/s1. The van der Waals surface area contributed by atoms with Crippen molar-refractivity contribution in [2.75, 3.05) is 26.2 Å². The van der Waals surface area contributed by atoms with Gasteiger partial charge in [-0.3, -0.25) is 4.79 Å². The van der Waals surface area contributed by atoms with Gasteiger partial charge in [0.15, 0.2) is 0 Å². The minimum Gasteiger partial charge on any atom is -0.339 e. The summed E-state index contributed by atoms with van der Waals surface area (Å²) in [6, 6.07) is 0. The summed E-state index contributed by atoms with van der Waals surface area (Å²) in [5.41, 5.74) is 0. The topological polar surface area (TPSA) is 32.3 Å². The Morgan fingerprint density at radius 2 is 2.31 bits per heavy atom. The highest BCUT2D eigenvalue weighted by Gasteiger charge is 2.31. The molecule has 2 atom stereocenters. The Labute approximate surface area is 77.3 Å². The van der Waals surface area contributed by atoms with Crippen molar-refractivity contribution in [2.24, 2.45) is 5.92 Å². The van der Waals surface area contributed by atoms with Crippen molar-refractivity contribution < 1.29 is 9.18 Å². The van der Waals surface area contributed by atoms with E-state index in [0.717, 1.165) is 19.5 Å². The lowest BCUT2D eigenvalue weighted by atomic mass is 10.1. The van der Waals surface area contributed by atoms with E-state index in [2.05, 4.69) is 5.32 Å². The molecule has 0 unspecified atom stereocenters. The molecule has 74 valence electrons. The van der Waals surface area contributed by atoms with Crippen LogP contribution in [0.1, 0.15) is 12.8 Å². The van der Waals surface area contributed by atoms with Crippen molar-refractivity contribution >= 4 is 5.91 Å². The van der Waals surface area contributed by atoms with Gasteiger partial charge in [0.1, 0.15) is 6.17 Å². The molecule has 0 aromatic rings. The van der Waals surface area contributed by atoms with E-state index in [1.807, 2.05) is 0 Å². The van der Waals surface area contributed by atoms with Crippen LogP contribution in [0.15, 0.2) is 0 Å². The lowest BCUT2D eigenvalue weighted by Crippen LogP contribution is -2.35. The normalized spacial score (nSPS) is 34.1. The smallest absolute Gasteiger partial charge is 0.227 e. The molecule has 13 heavy (non-hydrogen) atoms. The maximum atomic E-state index is 12.8. The molecule has 1 amide bonds. The molecule has 1 N–H and O–H groups in total. The third-order valence-electron chi connectivity index (χ3n) is 2.85. The molecular weight excluding hydrogens is 171 g/mol. The fourth-order valence-corrected chi connectivity index (χ4v) is 2.04. The van der Waals surface area contributed by atoms with Crippen molar-refractivity contribution in [1.29, 1.82) is 0 Å². The second-order valence-electron chi connectivity index (χ2n) is 3.86. The highest BCUT2D eigenvalue weighted by atomic mass is 19.1. The first kappa shape index (κ1) is 8.94. The van der Waals surface area contributed by atoms with E-state index in [9.17, 15) is 9.18 Å². The predicted molar refractivity (Wildman–Crippen MR) is 47.1 cm³/mol. The summed E-state index contributed by atoms with van der Waals surface area (Å²) in [5.74, 6) is 0.246. The third-order valence-corrected chi connectivity index (χ3v) is 2.85. The zero-order chi connectivity index (χ0) is 9.26. The van der Waals surface area contributed by atoms with Crippen LogP contribution in [0, 0.1) is 5.92 Å². The lowest BCUT2D eigenvalue weighted by molar-refractivity contribution is -0.134. The molecule has 0 spiro atoms. The molecule has 2 saturated heterocycles. The number of carbonyl (C=O) groups is 1. The van der Waals surface area contributed by atoms with Gasteiger partial charge in [0, 0.05) is 13.1 Å². The molecule has 0 bridgehead atoms. The van der Waals surface area contributed by atoms with Gasteiger partial charge in [-0.1, -0.05) is 0 Å². The van der Waals surface area contributed by atoms with Gasteiger partial charge in [0.25, 0.3) is 0 Å². The Balaban J connectivity index is 1.89. The first-order valence-corrected chi connectivity index (χ1v) is 4.91. The zero-order valence-electron chi connectivity index (χ0n) is 7.63. The average Bonchev–Trinajstić information content (AvgIpc) is 2.72. The van der Waals surface area contributed by atoms with E-state index in [1.54, 1.807) is 4.90 Å². The number of rotatable bonds is 1. The highest BCUT2D eigenvalue weighted by Crippen LogP contribution is 2.18. The first-order valence-electron chi connectivity index (χ1n) is 4.91. The molecule has 2 fully saturated rings. The van der Waals surface area contributed by atoms with Crippen molar-refractivity contribution in [1.82, 2.24) is 10.2 Å². The molecule has 0 radical (unpaired) electrons. The summed E-state index contributed by atoms with van der Waals surface area (Å²) in [6.07, 6.45) is 0.636. The molecule has 2 rings (SSSR count). The van der Waals surface area contributed by atoms with E-state index < -0.39 is 6.17 Å². The van der Waals surface area contributed by atoms with Crippen LogP contribution in [0.3, 0.4) is 0 Å². The van der Waals surface area contributed by atoms with Gasteiger partial charge in [-0.05, 0) is 19.4 Å². The van der Waals surface area contributed by atoms with Crippen LogP contribution in [0.25, 0.3) is 0 Å². The van der Waals surface area contributed by atoms with Gasteiger partial charge in [0.2, 0.25) is 5.91 Å². The fraction of sp³-hybridized carbons (Fsp3) is 0.889. The van der Waals surface area contributed by atoms with Crippen LogP contribution in [0.5, 0.6) is 0 Å². The van der Waals surface area contributed by atoms with E-state index in [4.69, 9.17) is 0 Å². The molecule has 4 heteroatoms. The number of halogens is 1. The van der Waals surface area contributed by atoms with Crippen LogP contribution in [0.4, 0.5) is 4.39 Å². The number of amides is 1. The molecular formula is C9H15FN2O. The zero-order valence-corrected chi connectivity index (χ0v) is 7.63. The van der Waals surface area contributed by atoms with E-state index in [1.165, 1.54) is 0 Å². The molecule has 0 saturated carbocycles. The largest absolute Gasteiger partial charge is 0.339 e. The summed E-state index contributed by atoms with van der Waals surface area (Å²) in [6.45, 7) is 2.61. The van der Waals surface area contributed by atoms with Crippen LogP contribution in [-0.2, 0) is 4.79 Å². The summed E-state index contributed by atoms with van der Waals surface area (Å²) >= 11 is 0. The number of nitrogens with zero attached hydrogens (tertiary/aromatic N) is 1. The molecule has 2 aliphatic rings. The Morgan fingerprint density at radius 1 is 1.46 bits per heavy atom. The number of alkyl halides is 1. The van der Waals surface area contributed by atoms with E-state index in [-0.39, 0.29) is 11.8 Å². The van der Waals surface area contributed by atoms with E-state index >= 15 is 0 Å². The number of carbonyl (C=O) groups excluding carboxylic acids is 1. The maximum absolute atomic E-state index is 12.8. The quantitative estimate of drug-likeness (QED) is 0.633. The van der Waals surface area contributed by atoms with Crippen LogP contribution >= 0.6 is 0 Å². The van der Waals surface area contributed by atoms with Crippen LogP contribution in [-0.4, -0.2) is 43.2 Å². The Bertz CT molecular complexity index is 204. The molecule has 2 aliphatic heterocycles. The molecule has 0 aromatic carbocycles. The second-order valence-corrected chi connectivity index (χ2v) is 3.86. The number of hydrogen-bond acceptors (Lipinski definition) is 2. The monoisotopic (exact) mass is 186 g/mol. The van der Waals surface area contributed by atoms with Crippen molar-refractivity contribution in [3.8, 4) is 0 Å². The maximum Gasteiger partial charge on any atom is 0.227 e. The first-order chi connectivity index (χ1) is 6.27. The summed E-state index contributed by atoms with van der Waals surface area (Å²) < 4.78 is 12.8. The average molecular weight is 186 g/mol. The second kappa shape index (κ2) is 3.62. The Hall–Kier alpha value is -0.640. The number of nitrogens with one attached hydrogen (secondary N) is 1. The minimum absolute atomic E-state index is 0.102. The van der Waals surface area contributed by atoms with Gasteiger partial charge in [0.05, 0.1) is 12.5 Å². The molecule has 3 nitrogen and oxygen atoms in total. The summed E-state index contributed by atoms with van der Waals surface area (Å²) in [5, 5.41) is 3.15. The van der Waals surface area contributed by atoms with Crippen LogP contribution < -0.4 is 5.32 Å². The molecule has 0 aliphatic carbocycles. The number of likely N-dealkylation sites (tertiary alicyclic amines) is 1. The SMILES string of the molecule is O=C([C@@H]1CCNC1)N1CC[C@@H](F)C1. The number of hydrogen-bond donors (Lipinski definition) is 1. The third kappa shape index (κ3) is 1.82. The Morgan fingerprint density at radius 3 is 2.85 bits per heavy atom. The van der Waals surface area contributed by atoms with E-state index in [0.29, 0.717) is 19.5 Å². The van der Waals surface area contributed by atoms with Gasteiger partial charge in [-0.25, -0.2) is 4.39 Å². The van der Waals surface area contributed by atoms with Crippen molar-refractivity contribution in [3.05, 3.63) is 0 Å². The molecule has 0 aromatic heterocycles. The van der Waals surface area contributed by atoms with Crippen molar-refractivity contribution in [3.63, 3.8) is 0 Å². The summed E-state index contributed by atoms with van der Waals surface area (Å²) in [7, 11) is 0. The molecule has 2 heterocycles. The Kier molecular flexibility index (Phi) is 2.49. The lowest BCUT2D eigenvalue weighted by Gasteiger charge is -2.18. The minimum atomic E-state index is -0.793. The van der Waals surface area contributed by atoms with Crippen LogP contribution in [0.2, 0.25) is 0 Å². The van der Waals surface area contributed by atoms with Gasteiger partial charge < -0.3 is 10.2 Å². The highest BCUT2D eigenvalue weighted by molar-refractivity contribution is 5.79. The van der Waals surface area contributed by atoms with Gasteiger partial charge in [-0.2, -0.15) is 0 Å². The summed E-state index contributed by atoms with van der Waals surface area (Å²) in [4.78, 5) is 13.4.